The van der Waals surface area contributed by atoms with E-state index in [2.05, 4.69) is 4.74 Å². The van der Waals surface area contributed by atoms with E-state index in [9.17, 15) is 13.0 Å². The van der Waals surface area contributed by atoms with E-state index >= 15 is 0 Å². The maximum absolute atomic E-state index is 9.98. The zero-order chi connectivity index (χ0) is 8.91. The van der Waals surface area contributed by atoms with Crippen LogP contribution in [0.3, 0.4) is 0 Å². The number of hydrogen-bond acceptors (Lipinski definition) is 5. The standard InChI is InChI=1S/C5H12O5S.Na/c1-5(6)4-10-2-3-11(7,8)9;/h5-6H,2-4H2,1H3,(H,7,8,9);/q;+1/p-1. The van der Waals surface area contributed by atoms with Gasteiger partial charge in [0.2, 0.25) is 0 Å². The molecule has 0 aromatic heterocycles. The van der Waals surface area contributed by atoms with Gasteiger partial charge in [-0.2, -0.15) is 0 Å². The van der Waals surface area contributed by atoms with Crippen LogP contribution in [-0.4, -0.2) is 43.1 Å². The number of aliphatic hydroxyl groups excluding tert-OH is 1. The SMILES string of the molecule is CC(O)COCCS(=O)(=O)[O-].[Na+]. The van der Waals surface area contributed by atoms with Crippen molar-refractivity contribution in [3.8, 4) is 0 Å². The largest absolute Gasteiger partial charge is 1.00 e. The van der Waals surface area contributed by atoms with Crippen molar-refractivity contribution in [1.29, 1.82) is 0 Å². The average molecular weight is 206 g/mol. The summed E-state index contributed by atoms with van der Waals surface area (Å²) in [6, 6.07) is 0. The molecule has 0 aromatic carbocycles. The van der Waals surface area contributed by atoms with Crippen LogP contribution in [0.1, 0.15) is 6.92 Å². The minimum atomic E-state index is -4.18. The van der Waals surface area contributed by atoms with E-state index < -0.39 is 22.0 Å². The molecule has 0 rings (SSSR count). The average Bonchev–Trinajstić information content (AvgIpc) is 1.78. The normalized spacial score (nSPS) is 13.6. The fourth-order valence-electron chi connectivity index (χ4n) is 0.415. The molecule has 0 amide bonds. The molecule has 5 nitrogen and oxygen atoms in total. The van der Waals surface area contributed by atoms with E-state index in [4.69, 9.17) is 5.11 Å². The molecular weight excluding hydrogens is 195 g/mol. The van der Waals surface area contributed by atoms with Crippen molar-refractivity contribution in [2.24, 2.45) is 0 Å². The van der Waals surface area contributed by atoms with Gasteiger partial charge in [0.25, 0.3) is 0 Å². The maximum Gasteiger partial charge on any atom is 1.00 e. The predicted octanol–water partition coefficient (Wildman–Crippen LogP) is -4.07. The third-order valence-corrected chi connectivity index (χ3v) is 1.50. The van der Waals surface area contributed by atoms with E-state index in [1.807, 2.05) is 0 Å². The van der Waals surface area contributed by atoms with Gasteiger partial charge in [-0.3, -0.25) is 0 Å². The first kappa shape index (κ1) is 15.3. The second-order valence-electron chi connectivity index (χ2n) is 2.19. The molecule has 1 unspecified atom stereocenters. The van der Waals surface area contributed by atoms with Crippen molar-refractivity contribution >= 4 is 10.1 Å². The van der Waals surface area contributed by atoms with Crippen LogP contribution in [0.5, 0.6) is 0 Å². The summed E-state index contributed by atoms with van der Waals surface area (Å²) in [4.78, 5) is 0. The Balaban J connectivity index is 0. The van der Waals surface area contributed by atoms with Crippen LogP contribution < -0.4 is 29.6 Å². The van der Waals surface area contributed by atoms with Gasteiger partial charge >= 0.3 is 29.6 Å². The molecule has 12 heavy (non-hydrogen) atoms. The van der Waals surface area contributed by atoms with E-state index in [0.29, 0.717) is 0 Å². The second-order valence-corrected chi connectivity index (χ2v) is 3.71. The molecule has 0 heterocycles. The third-order valence-electron chi connectivity index (χ3n) is 0.837. The number of ether oxygens (including phenoxy) is 1. The second kappa shape index (κ2) is 7.25. The van der Waals surface area contributed by atoms with Crippen molar-refractivity contribution in [1.82, 2.24) is 0 Å². The molecule has 0 saturated heterocycles. The summed E-state index contributed by atoms with van der Waals surface area (Å²) in [6.07, 6.45) is -0.635. The Kier molecular flexibility index (Phi) is 9.25. The van der Waals surface area contributed by atoms with Gasteiger partial charge in [0.15, 0.2) is 0 Å². The fraction of sp³-hybridized carbons (Fsp3) is 1.00. The predicted molar refractivity (Wildman–Crippen MR) is 37.1 cm³/mol. The van der Waals surface area contributed by atoms with Gasteiger partial charge in [-0.25, -0.2) is 8.42 Å². The number of hydrogen-bond donors (Lipinski definition) is 1. The molecule has 68 valence electrons. The van der Waals surface area contributed by atoms with E-state index in [1.54, 1.807) is 0 Å². The molecule has 1 atom stereocenters. The van der Waals surface area contributed by atoms with Gasteiger partial charge in [-0.05, 0) is 6.92 Å². The van der Waals surface area contributed by atoms with Crippen molar-refractivity contribution < 1.29 is 52.4 Å². The first-order valence-corrected chi connectivity index (χ1v) is 4.69. The van der Waals surface area contributed by atoms with Gasteiger partial charge in [-0.1, -0.05) is 0 Å². The summed E-state index contributed by atoms with van der Waals surface area (Å²) in [7, 11) is -4.18. The Morgan fingerprint density at radius 1 is 1.58 bits per heavy atom. The smallest absolute Gasteiger partial charge is 0.748 e. The number of rotatable bonds is 5. The molecular formula is C5H11NaO5S. The molecule has 0 aliphatic heterocycles. The zero-order valence-corrected chi connectivity index (χ0v) is 10.0. The minimum absolute atomic E-state index is 0. The Morgan fingerprint density at radius 3 is 2.42 bits per heavy atom. The molecule has 0 aromatic rings. The molecule has 0 aliphatic rings. The van der Waals surface area contributed by atoms with Gasteiger partial charge in [-0.15, -0.1) is 0 Å². The first-order chi connectivity index (χ1) is 4.92. The summed E-state index contributed by atoms with van der Waals surface area (Å²) >= 11 is 0. The Bertz CT molecular complexity index is 188. The quantitative estimate of drug-likeness (QED) is 0.281. The molecule has 0 fully saturated rings. The van der Waals surface area contributed by atoms with Gasteiger partial charge in [0.1, 0.15) is 0 Å². The summed E-state index contributed by atoms with van der Waals surface area (Å²) < 4.78 is 34.6. The van der Waals surface area contributed by atoms with Crippen molar-refractivity contribution in [3.05, 3.63) is 0 Å². The van der Waals surface area contributed by atoms with Crippen molar-refractivity contribution in [3.63, 3.8) is 0 Å². The topological polar surface area (TPSA) is 86.7 Å². The summed E-state index contributed by atoms with van der Waals surface area (Å²) in [5, 5.41) is 8.63. The maximum atomic E-state index is 9.98. The molecule has 0 radical (unpaired) electrons. The monoisotopic (exact) mass is 206 g/mol. The van der Waals surface area contributed by atoms with Gasteiger partial charge in [0.05, 0.1) is 35.2 Å². The minimum Gasteiger partial charge on any atom is -0.748 e. The summed E-state index contributed by atoms with van der Waals surface area (Å²) in [6.45, 7) is 1.40. The molecule has 0 saturated carbocycles. The first-order valence-electron chi connectivity index (χ1n) is 3.11. The van der Waals surface area contributed by atoms with Crippen LogP contribution in [0.2, 0.25) is 0 Å². The summed E-state index contributed by atoms with van der Waals surface area (Å²) in [5.41, 5.74) is 0. The molecule has 0 bridgehead atoms. The Labute approximate surface area is 94.1 Å². The van der Waals surface area contributed by atoms with E-state index in [0.717, 1.165) is 0 Å². The van der Waals surface area contributed by atoms with Gasteiger partial charge in [0, 0.05) is 0 Å². The van der Waals surface area contributed by atoms with Crippen LogP contribution in [0, 0.1) is 0 Å². The molecule has 7 heteroatoms. The Hall–Kier alpha value is 0.830. The van der Waals surface area contributed by atoms with Gasteiger partial charge < -0.3 is 14.4 Å². The third kappa shape index (κ3) is 13.4. The molecule has 0 spiro atoms. The number of aliphatic hydroxyl groups is 1. The molecule has 1 N–H and O–H groups in total. The van der Waals surface area contributed by atoms with Crippen LogP contribution >= 0.6 is 0 Å². The van der Waals surface area contributed by atoms with Crippen LogP contribution in [-0.2, 0) is 14.9 Å². The molecule has 0 aliphatic carbocycles. The van der Waals surface area contributed by atoms with Crippen molar-refractivity contribution in [2.45, 2.75) is 13.0 Å². The Morgan fingerprint density at radius 2 is 2.08 bits per heavy atom. The van der Waals surface area contributed by atoms with Crippen LogP contribution in [0.15, 0.2) is 0 Å². The van der Waals surface area contributed by atoms with Crippen LogP contribution in [0.4, 0.5) is 0 Å². The zero-order valence-electron chi connectivity index (χ0n) is 7.19. The van der Waals surface area contributed by atoms with E-state index in [-0.39, 0.29) is 42.8 Å². The summed E-state index contributed by atoms with van der Waals surface area (Å²) in [5.74, 6) is -0.542. The van der Waals surface area contributed by atoms with E-state index in [1.165, 1.54) is 6.92 Å². The van der Waals surface area contributed by atoms with Crippen molar-refractivity contribution in [2.75, 3.05) is 19.0 Å². The fourth-order valence-corrected chi connectivity index (χ4v) is 0.737. The van der Waals surface area contributed by atoms with Crippen LogP contribution in [0.25, 0.3) is 0 Å².